The number of hydrogen-bond acceptors (Lipinski definition) is 5. The van der Waals surface area contributed by atoms with Gasteiger partial charge >= 0.3 is 0 Å². The van der Waals surface area contributed by atoms with E-state index in [1.807, 2.05) is 32.0 Å². The molecular weight excluding hydrogens is 396 g/mol. The molecule has 3 rings (SSSR count). The fraction of sp³-hybridized carbons (Fsp3) is 0.300. The van der Waals surface area contributed by atoms with Crippen LogP contribution in [0.4, 0.5) is 11.4 Å². The molecule has 0 fully saturated rings. The first-order chi connectivity index (χ1) is 13.2. The zero-order valence-electron chi connectivity index (χ0n) is 15.9. The van der Waals surface area contributed by atoms with Crippen LogP contribution in [0, 0.1) is 19.8 Å². The van der Waals surface area contributed by atoms with Crippen LogP contribution < -0.4 is 10.6 Å². The Morgan fingerprint density at radius 2 is 1.96 bits per heavy atom. The van der Waals surface area contributed by atoms with Gasteiger partial charge in [-0.25, -0.2) is 8.42 Å². The minimum absolute atomic E-state index is 0.0976. The molecule has 1 aliphatic heterocycles. The van der Waals surface area contributed by atoms with Gasteiger partial charge in [0, 0.05) is 16.5 Å². The Morgan fingerprint density at radius 3 is 2.71 bits per heavy atom. The van der Waals surface area contributed by atoms with Crippen molar-refractivity contribution in [3.05, 3.63) is 47.5 Å². The van der Waals surface area contributed by atoms with E-state index in [-0.39, 0.29) is 22.5 Å². The largest absolute Gasteiger partial charge is 0.326 e. The highest BCUT2D eigenvalue weighted by Gasteiger charge is 2.25. The number of anilines is 2. The number of rotatable bonds is 5. The molecular formula is C20H22N2O4S2. The molecule has 1 heterocycles. The molecule has 0 aromatic heterocycles. The predicted octanol–water partition coefficient (Wildman–Crippen LogP) is 3.40. The molecule has 0 radical (unpaired) electrons. The maximum absolute atomic E-state index is 12.8. The average molecular weight is 419 g/mol. The Hall–Kier alpha value is -2.32. The van der Waals surface area contributed by atoms with E-state index in [2.05, 4.69) is 10.6 Å². The Kier molecular flexibility index (Phi) is 5.81. The van der Waals surface area contributed by atoms with Gasteiger partial charge in [-0.3, -0.25) is 9.59 Å². The lowest BCUT2D eigenvalue weighted by molar-refractivity contribution is -0.118. The molecule has 0 bridgehead atoms. The second-order valence-corrected chi connectivity index (χ2v) is 10.0. The molecule has 0 saturated carbocycles. The van der Waals surface area contributed by atoms with Gasteiger partial charge in [0.15, 0.2) is 9.84 Å². The number of fused-ring (bicyclic) bond motifs is 1. The topological polar surface area (TPSA) is 92.3 Å². The van der Waals surface area contributed by atoms with Gasteiger partial charge in [0.05, 0.1) is 22.1 Å². The molecule has 1 aliphatic rings. The minimum Gasteiger partial charge on any atom is -0.326 e. The van der Waals surface area contributed by atoms with Crippen LogP contribution in [0.3, 0.4) is 0 Å². The Morgan fingerprint density at radius 1 is 1.21 bits per heavy atom. The van der Waals surface area contributed by atoms with Crippen LogP contribution in [0.15, 0.2) is 46.2 Å². The highest BCUT2D eigenvalue weighted by atomic mass is 32.2. The SMILES string of the molecule is Cc1ccc(C)c(NC(=O)[C@H](C)CS(=O)(=O)c2ccc3c(c2)NC(=O)CS3)c1. The average Bonchev–Trinajstić information content (AvgIpc) is 2.63. The summed E-state index contributed by atoms with van der Waals surface area (Å²) in [6, 6.07) is 10.4. The van der Waals surface area contributed by atoms with E-state index >= 15 is 0 Å². The van der Waals surface area contributed by atoms with Crippen LogP contribution in [0.1, 0.15) is 18.1 Å². The van der Waals surface area contributed by atoms with E-state index in [1.54, 1.807) is 13.0 Å². The highest BCUT2D eigenvalue weighted by Crippen LogP contribution is 2.33. The van der Waals surface area contributed by atoms with Crippen LogP contribution in [0.25, 0.3) is 0 Å². The molecule has 148 valence electrons. The molecule has 28 heavy (non-hydrogen) atoms. The lowest BCUT2D eigenvalue weighted by atomic mass is 10.1. The summed E-state index contributed by atoms with van der Waals surface area (Å²) in [6.45, 7) is 5.40. The van der Waals surface area contributed by atoms with Crippen molar-refractivity contribution >= 4 is 44.8 Å². The Bertz CT molecular complexity index is 1050. The van der Waals surface area contributed by atoms with Crippen LogP contribution in [-0.2, 0) is 19.4 Å². The van der Waals surface area contributed by atoms with Gasteiger partial charge in [0.1, 0.15) is 0 Å². The van der Waals surface area contributed by atoms with Crippen molar-refractivity contribution in [2.45, 2.75) is 30.6 Å². The van der Waals surface area contributed by atoms with Crippen molar-refractivity contribution in [3.63, 3.8) is 0 Å². The predicted molar refractivity (Wildman–Crippen MR) is 112 cm³/mol. The van der Waals surface area contributed by atoms with Crippen LogP contribution in [0.2, 0.25) is 0 Å². The number of carbonyl (C=O) groups excluding carboxylic acids is 2. The summed E-state index contributed by atoms with van der Waals surface area (Å²) in [5, 5.41) is 5.51. The van der Waals surface area contributed by atoms with Gasteiger partial charge in [0.2, 0.25) is 11.8 Å². The standard InChI is InChI=1S/C20H22N2O4S2/c1-12-4-5-13(2)16(8-12)22-20(24)14(3)11-28(25,26)15-6-7-18-17(9-15)21-19(23)10-27-18/h4-9,14H,10-11H2,1-3H3,(H,21,23)(H,22,24)/t14-/m1/s1. The summed E-state index contributed by atoms with van der Waals surface area (Å²) in [5.41, 5.74) is 3.10. The Balaban J connectivity index is 1.74. The van der Waals surface area contributed by atoms with Gasteiger partial charge in [-0.2, -0.15) is 0 Å². The molecule has 2 aromatic carbocycles. The van der Waals surface area contributed by atoms with Gasteiger partial charge in [0.25, 0.3) is 0 Å². The summed E-state index contributed by atoms with van der Waals surface area (Å²) in [5.74, 6) is -1.24. The van der Waals surface area contributed by atoms with Crippen molar-refractivity contribution in [2.75, 3.05) is 22.1 Å². The maximum atomic E-state index is 12.8. The molecule has 0 spiro atoms. The number of sulfone groups is 1. The van der Waals surface area contributed by atoms with Gasteiger partial charge < -0.3 is 10.6 Å². The first kappa shape index (κ1) is 20.4. The minimum atomic E-state index is -3.69. The first-order valence-corrected chi connectivity index (χ1v) is 11.5. The molecule has 2 amide bonds. The second-order valence-electron chi connectivity index (χ2n) is 6.98. The van der Waals surface area contributed by atoms with E-state index in [9.17, 15) is 18.0 Å². The number of nitrogens with one attached hydrogen (secondary N) is 2. The van der Waals surface area contributed by atoms with Crippen molar-refractivity contribution in [3.8, 4) is 0 Å². The number of amides is 2. The molecule has 0 unspecified atom stereocenters. The molecule has 6 nitrogen and oxygen atoms in total. The molecule has 8 heteroatoms. The molecule has 0 saturated heterocycles. The van der Waals surface area contributed by atoms with Gasteiger partial charge in [-0.1, -0.05) is 19.1 Å². The number of carbonyl (C=O) groups is 2. The third kappa shape index (κ3) is 4.56. The molecule has 0 aliphatic carbocycles. The quantitative estimate of drug-likeness (QED) is 0.776. The van der Waals surface area contributed by atoms with E-state index < -0.39 is 15.8 Å². The van der Waals surface area contributed by atoms with Crippen molar-refractivity contribution in [1.29, 1.82) is 0 Å². The highest BCUT2D eigenvalue weighted by molar-refractivity contribution is 8.00. The summed E-state index contributed by atoms with van der Waals surface area (Å²) in [4.78, 5) is 25.0. The monoisotopic (exact) mass is 418 g/mol. The third-order valence-corrected chi connectivity index (χ3v) is 7.50. The van der Waals surface area contributed by atoms with Crippen LogP contribution in [0.5, 0.6) is 0 Å². The maximum Gasteiger partial charge on any atom is 0.234 e. The number of benzene rings is 2. The summed E-state index contributed by atoms with van der Waals surface area (Å²) in [7, 11) is -3.69. The van der Waals surface area contributed by atoms with Crippen molar-refractivity contribution < 1.29 is 18.0 Å². The number of hydrogen-bond donors (Lipinski definition) is 2. The fourth-order valence-electron chi connectivity index (χ4n) is 2.88. The number of aryl methyl sites for hydroxylation is 2. The van der Waals surface area contributed by atoms with Crippen LogP contribution >= 0.6 is 11.8 Å². The van der Waals surface area contributed by atoms with Crippen molar-refractivity contribution in [2.24, 2.45) is 5.92 Å². The van der Waals surface area contributed by atoms with E-state index in [4.69, 9.17) is 0 Å². The van der Waals surface area contributed by atoms with E-state index in [0.717, 1.165) is 16.0 Å². The summed E-state index contributed by atoms with van der Waals surface area (Å²) in [6.07, 6.45) is 0. The summed E-state index contributed by atoms with van der Waals surface area (Å²) >= 11 is 1.37. The smallest absolute Gasteiger partial charge is 0.234 e. The first-order valence-electron chi connectivity index (χ1n) is 8.83. The van der Waals surface area contributed by atoms with Gasteiger partial charge in [-0.15, -0.1) is 11.8 Å². The van der Waals surface area contributed by atoms with Crippen molar-refractivity contribution in [1.82, 2.24) is 0 Å². The van der Waals surface area contributed by atoms with E-state index in [0.29, 0.717) is 17.1 Å². The molecule has 1 atom stereocenters. The lowest BCUT2D eigenvalue weighted by Crippen LogP contribution is -2.27. The summed E-state index contributed by atoms with van der Waals surface area (Å²) < 4.78 is 25.6. The normalized spacial score (nSPS) is 14.8. The van der Waals surface area contributed by atoms with E-state index in [1.165, 1.54) is 23.9 Å². The molecule has 2 N–H and O–H groups in total. The van der Waals surface area contributed by atoms with Crippen LogP contribution in [-0.4, -0.2) is 31.7 Å². The molecule has 2 aromatic rings. The Labute approximate surface area is 169 Å². The third-order valence-electron chi connectivity index (χ3n) is 4.51. The number of thioether (sulfide) groups is 1. The lowest BCUT2D eigenvalue weighted by Gasteiger charge is -2.18. The van der Waals surface area contributed by atoms with Gasteiger partial charge in [-0.05, 0) is 49.2 Å². The fourth-order valence-corrected chi connectivity index (χ4v) is 5.25. The zero-order chi connectivity index (χ0) is 20.5. The zero-order valence-corrected chi connectivity index (χ0v) is 17.5. The second kappa shape index (κ2) is 7.97.